The molecule has 0 spiro atoms. The van der Waals surface area contributed by atoms with Gasteiger partial charge in [0.05, 0.1) is 0 Å². The summed E-state index contributed by atoms with van der Waals surface area (Å²) < 4.78 is 5.68. The SMILES string of the molecule is CC(C)[C@@H]1NC(=O)[C@@H](NC(=O)C2CCN(C(=O)c3ccncc3)CC2)CCCCNC(=O)c2coc(n2)[C@@H](Cc2ccccc2)NC1=O. The van der Waals surface area contributed by atoms with Crippen LogP contribution in [0.25, 0.3) is 0 Å². The molecule has 4 heterocycles. The molecule has 2 aromatic heterocycles. The number of piperidine rings is 1. The maximum atomic E-state index is 13.7. The normalized spacial score (nSPS) is 21.6. The lowest BCUT2D eigenvalue weighted by atomic mass is 9.94. The standard InChI is InChI=1S/C35H43N7O6/c1-22(2)29-33(46)39-27(20-23-8-4-3-5-9-23)34-40-28(21-48-34)31(44)37-15-7-6-10-26(32(45)41-29)38-30(43)24-13-18-42(19-14-24)35(47)25-11-16-36-17-12-25/h3-5,8-9,11-12,16-17,21-22,24,26-27,29H,6-7,10,13-15,18-20H2,1-2H3,(H,37,44)(H,38,43)(H,39,46)(H,41,45)/t26-,27+,29-/m0/s1. The highest BCUT2D eigenvalue weighted by Crippen LogP contribution is 2.22. The fourth-order valence-corrected chi connectivity index (χ4v) is 6.00. The van der Waals surface area contributed by atoms with Gasteiger partial charge in [-0.25, -0.2) is 4.98 Å². The predicted octanol–water partition coefficient (Wildman–Crippen LogP) is 2.56. The van der Waals surface area contributed by atoms with Gasteiger partial charge in [0.15, 0.2) is 5.69 Å². The van der Waals surface area contributed by atoms with Crippen LogP contribution in [-0.4, -0.2) is 76.1 Å². The molecule has 5 amide bonds. The van der Waals surface area contributed by atoms with Gasteiger partial charge in [-0.1, -0.05) is 44.2 Å². The van der Waals surface area contributed by atoms with Crippen molar-refractivity contribution in [2.24, 2.45) is 11.8 Å². The van der Waals surface area contributed by atoms with Crippen LogP contribution in [0.3, 0.4) is 0 Å². The summed E-state index contributed by atoms with van der Waals surface area (Å²) in [5.41, 5.74) is 1.57. The van der Waals surface area contributed by atoms with Gasteiger partial charge in [-0.15, -0.1) is 0 Å². The Hall–Kier alpha value is -5.07. The first-order chi connectivity index (χ1) is 23.2. The maximum absolute atomic E-state index is 13.7. The number of hydrogen-bond acceptors (Lipinski definition) is 8. The molecule has 2 bridgehead atoms. The summed E-state index contributed by atoms with van der Waals surface area (Å²) in [5.74, 6) is -2.15. The smallest absolute Gasteiger partial charge is 0.273 e. The van der Waals surface area contributed by atoms with E-state index in [1.54, 1.807) is 29.4 Å². The van der Waals surface area contributed by atoms with E-state index in [1.165, 1.54) is 6.26 Å². The van der Waals surface area contributed by atoms with Gasteiger partial charge >= 0.3 is 0 Å². The van der Waals surface area contributed by atoms with Crippen molar-refractivity contribution < 1.29 is 28.4 Å². The molecule has 0 saturated carbocycles. The maximum Gasteiger partial charge on any atom is 0.273 e. The van der Waals surface area contributed by atoms with Gasteiger partial charge in [-0.2, -0.15) is 0 Å². The van der Waals surface area contributed by atoms with Crippen molar-refractivity contribution in [2.75, 3.05) is 19.6 Å². The number of benzene rings is 1. The van der Waals surface area contributed by atoms with Gasteiger partial charge in [0.25, 0.3) is 11.8 Å². The van der Waals surface area contributed by atoms with E-state index in [9.17, 15) is 24.0 Å². The van der Waals surface area contributed by atoms with E-state index in [1.807, 2.05) is 44.2 Å². The van der Waals surface area contributed by atoms with Gasteiger partial charge in [0, 0.05) is 49.9 Å². The number of carbonyl (C=O) groups is 5. The van der Waals surface area contributed by atoms with Crippen LogP contribution in [0.5, 0.6) is 0 Å². The summed E-state index contributed by atoms with van der Waals surface area (Å²) in [6.45, 7) is 4.84. The fraction of sp³-hybridized carbons (Fsp3) is 0.457. The van der Waals surface area contributed by atoms with Crippen LogP contribution in [-0.2, 0) is 20.8 Å². The highest BCUT2D eigenvalue weighted by atomic mass is 16.3. The van der Waals surface area contributed by atoms with Gasteiger partial charge in [-0.3, -0.25) is 29.0 Å². The second-order valence-electron chi connectivity index (χ2n) is 12.7. The minimum Gasteiger partial charge on any atom is -0.446 e. The molecular weight excluding hydrogens is 614 g/mol. The number of pyridine rings is 1. The van der Waals surface area contributed by atoms with E-state index < -0.39 is 35.8 Å². The Morgan fingerprint density at radius 1 is 0.958 bits per heavy atom. The van der Waals surface area contributed by atoms with E-state index in [0.29, 0.717) is 63.7 Å². The van der Waals surface area contributed by atoms with Gasteiger partial charge in [-0.05, 0) is 55.7 Å². The van der Waals surface area contributed by atoms with Crippen LogP contribution in [0.2, 0.25) is 0 Å². The quantitative estimate of drug-likeness (QED) is 0.313. The minimum atomic E-state index is -0.914. The number of rotatable bonds is 6. The summed E-state index contributed by atoms with van der Waals surface area (Å²) in [4.78, 5) is 76.7. The molecule has 0 aliphatic carbocycles. The first-order valence-corrected chi connectivity index (χ1v) is 16.6. The number of carbonyl (C=O) groups excluding carboxylic acids is 5. The van der Waals surface area contributed by atoms with Crippen LogP contribution in [0.1, 0.15) is 84.3 Å². The molecule has 2 aliphatic heterocycles. The van der Waals surface area contributed by atoms with Crippen molar-refractivity contribution in [2.45, 2.75) is 70.5 Å². The third-order valence-corrected chi connectivity index (χ3v) is 8.82. The van der Waals surface area contributed by atoms with Crippen LogP contribution in [0.15, 0.2) is 65.5 Å². The predicted molar refractivity (Wildman–Crippen MR) is 175 cm³/mol. The average Bonchev–Trinajstić information content (AvgIpc) is 3.60. The Morgan fingerprint density at radius 2 is 1.69 bits per heavy atom. The van der Waals surface area contributed by atoms with Crippen molar-refractivity contribution in [3.05, 3.63) is 83.8 Å². The molecule has 0 unspecified atom stereocenters. The number of aromatic nitrogens is 2. The lowest BCUT2D eigenvalue weighted by Crippen LogP contribution is -2.56. The van der Waals surface area contributed by atoms with Crippen LogP contribution in [0.4, 0.5) is 0 Å². The Morgan fingerprint density at radius 3 is 2.40 bits per heavy atom. The van der Waals surface area contributed by atoms with Crippen LogP contribution in [0, 0.1) is 11.8 Å². The van der Waals surface area contributed by atoms with Crippen molar-refractivity contribution in [3.8, 4) is 0 Å². The zero-order valence-corrected chi connectivity index (χ0v) is 27.3. The molecule has 4 N–H and O–H groups in total. The molecule has 5 rings (SSSR count). The molecular formula is C35H43N7O6. The Balaban J connectivity index is 1.28. The second-order valence-corrected chi connectivity index (χ2v) is 12.7. The number of fused-ring (bicyclic) bond motifs is 2. The lowest BCUT2D eigenvalue weighted by Gasteiger charge is -2.32. The largest absolute Gasteiger partial charge is 0.446 e. The van der Waals surface area contributed by atoms with E-state index in [4.69, 9.17) is 4.42 Å². The molecule has 3 aromatic rings. The summed E-state index contributed by atoms with van der Waals surface area (Å²) in [5, 5.41) is 11.6. The van der Waals surface area contributed by atoms with Crippen LogP contribution < -0.4 is 21.3 Å². The zero-order valence-electron chi connectivity index (χ0n) is 27.3. The van der Waals surface area contributed by atoms with E-state index >= 15 is 0 Å². The Bertz CT molecular complexity index is 1570. The molecule has 1 aromatic carbocycles. The highest BCUT2D eigenvalue weighted by Gasteiger charge is 2.34. The number of oxazole rings is 1. The number of nitrogens with one attached hydrogen (secondary N) is 4. The van der Waals surface area contributed by atoms with Crippen molar-refractivity contribution in [3.63, 3.8) is 0 Å². The average molecular weight is 658 g/mol. The summed E-state index contributed by atoms with van der Waals surface area (Å²) in [6.07, 6.45) is 7.08. The highest BCUT2D eigenvalue weighted by molar-refractivity contribution is 5.95. The minimum absolute atomic E-state index is 0.104. The van der Waals surface area contributed by atoms with Crippen molar-refractivity contribution in [1.82, 2.24) is 36.1 Å². The summed E-state index contributed by atoms with van der Waals surface area (Å²) in [7, 11) is 0. The monoisotopic (exact) mass is 657 g/mol. The van der Waals surface area contributed by atoms with Crippen molar-refractivity contribution in [1.29, 1.82) is 0 Å². The molecule has 0 radical (unpaired) electrons. The molecule has 1 fully saturated rings. The number of hydrogen-bond donors (Lipinski definition) is 4. The third kappa shape index (κ3) is 8.84. The summed E-state index contributed by atoms with van der Waals surface area (Å²) in [6, 6.07) is 10.3. The molecule has 1 saturated heterocycles. The number of nitrogens with zero attached hydrogens (tertiary/aromatic N) is 3. The third-order valence-electron chi connectivity index (χ3n) is 8.82. The lowest BCUT2D eigenvalue weighted by molar-refractivity contribution is -0.134. The fourth-order valence-electron chi connectivity index (χ4n) is 6.00. The van der Waals surface area contributed by atoms with E-state index in [-0.39, 0.29) is 35.2 Å². The Labute approximate surface area is 279 Å². The molecule has 13 heteroatoms. The first-order valence-electron chi connectivity index (χ1n) is 16.6. The molecule has 48 heavy (non-hydrogen) atoms. The van der Waals surface area contributed by atoms with Crippen molar-refractivity contribution >= 4 is 29.5 Å². The molecule has 13 nitrogen and oxygen atoms in total. The van der Waals surface area contributed by atoms with Crippen LogP contribution >= 0.6 is 0 Å². The zero-order chi connectivity index (χ0) is 34.0. The molecule has 3 atom stereocenters. The molecule has 2 aliphatic rings. The summed E-state index contributed by atoms with van der Waals surface area (Å²) >= 11 is 0. The number of likely N-dealkylation sites (tertiary alicyclic amines) is 1. The second kappa shape index (κ2) is 16.2. The van der Waals surface area contributed by atoms with Gasteiger partial charge in [0.1, 0.15) is 24.4 Å². The first kappa shape index (κ1) is 34.3. The van der Waals surface area contributed by atoms with E-state index in [2.05, 4.69) is 31.2 Å². The number of amides is 5. The topological polar surface area (TPSA) is 176 Å². The van der Waals surface area contributed by atoms with E-state index in [0.717, 1.165) is 5.56 Å². The van der Waals surface area contributed by atoms with Gasteiger partial charge < -0.3 is 30.6 Å². The Kier molecular flexibility index (Phi) is 11.5. The molecule has 254 valence electrons. The van der Waals surface area contributed by atoms with Gasteiger partial charge in [0.2, 0.25) is 23.6 Å².